The Bertz CT molecular complexity index is 2020. The lowest BCUT2D eigenvalue weighted by Crippen LogP contribution is -2.25. The average molecular weight is 578 g/mol. The van der Waals surface area contributed by atoms with Gasteiger partial charge in [-0.3, -0.25) is 14.1 Å². The van der Waals surface area contributed by atoms with Crippen LogP contribution in [0.2, 0.25) is 0 Å². The van der Waals surface area contributed by atoms with Crippen molar-refractivity contribution in [1.82, 2.24) is 5.32 Å². The van der Waals surface area contributed by atoms with Gasteiger partial charge in [-0.1, -0.05) is 65.7 Å². The van der Waals surface area contributed by atoms with Crippen LogP contribution in [0.1, 0.15) is 32.6 Å². The Hall–Kier alpha value is -4.69. The van der Waals surface area contributed by atoms with Gasteiger partial charge in [0.15, 0.2) is 0 Å². The van der Waals surface area contributed by atoms with Gasteiger partial charge in [-0.25, -0.2) is 8.42 Å². The number of hydrogen-bond donors (Lipinski definition) is 1. The van der Waals surface area contributed by atoms with Crippen molar-refractivity contribution in [2.45, 2.75) is 20.3 Å². The summed E-state index contributed by atoms with van der Waals surface area (Å²) in [4.78, 5) is 18.1. The van der Waals surface area contributed by atoms with Crippen LogP contribution in [-0.4, -0.2) is 40.4 Å². The molecule has 8 heteroatoms. The summed E-state index contributed by atoms with van der Waals surface area (Å²) in [6.07, 6.45) is 1.89. The lowest BCUT2D eigenvalue weighted by atomic mass is 9.95. The standard InChI is InChI=1S/C34H31N3O4S/c1-20-9-12-22(13-10-20)33-32(34(38)35-3)27-18-26(30(19-31(27)41-33)37(4)42(5,39)40)23-7-6-8-24(16-23)29-17-25-15-21(2)11-14-28(25)36-29/h6-16,18-19H,17H2,1-5H3,(H,35,38). The van der Waals surface area contributed by atoms with Crippen molar-refractivity contribution in [3.8, 4) is 22.5 Å². The molecule has 0 spiro atoms. The van der Waals surface area contributed by atoms with E-state index in [1.165, 1.54) is 28.7 Å². The summed E-state index contributed by atoms with van der Waals surface area (Å²) >= 11 is 0. The van der Waals surface area contributed by atoms with E-state index in [-0.39, 0.29) is 5.91 Å². The van der Waals surface area contributed by atoms with Crippen LogP contribution in [0.25, 0.3) is 33.4 Å². The summed E-state index contributed by atoms with van der Waals surface area (Å²) in [6.45, 7) is 4.06. The maximum atomic E-state index is 13.2. The monoisotopic (exact) mass is 577 g/mol. The van der Waals surface area contributed by atoms with E-state index in [4.69, 9.17) is 9.41 Å². The third-order valence-corrected chi connectivity index (χ3v) is 8.96. The smallest absolute Gasteiger partial charge is 0.255 e. The number of nitrogens with zero attached hydrogens (tertiary/aromatic N) is 2. The second kappa shape index (κ2) is 10.3. The van der Waals surface area contributed by atoms with Gasteiger partial charge in [0.25, 0.3) is 5.91 Å². The van der Waals surface area contributed by atoms with E-state index in [1.807, 2.05) is 67.6 Å². The fraction of sp³-hybridized carbons (Fsp3) is 0.176. The van der Waals surface area contributed by atoms with E-state index < -0.39 is 10.0 Å². The molecule has 0 atom stereocenters. The first-order valence-corrected chi connectivity index (χ1v) is 15.5. The zero-order valence-corrected chi connectivity index (χ0v) is 25.0. The van der Waals surface area contributed by atoms with Gasteiger partial charge in [-0.15, -0.1) is 0 Å². The summed E-state index contributed by atoms with van der Waals surface area (Å²) in [5, 5.41) is 3.33. The highest BCUT2D eigenvalue weighted by Gasteiger charge is 2.26. The maximum Gasteiger partial charge on any atom is 0.255 e. The summed E-state index contributed by atoms with van der Waals surface area (Å²) < 4.78 is 33.1. The Morgan fingerprint density at radius 2 is 1.62 bits per heavy atom. The number of anilines is 1. The third kappa shape index (κ3) is 4.88. The second-order valence-corrected chi connectivity index (χ2v) is 12.8. The topological polar surface area (TPSA) is 92.0 Å². The molecular weight excluding hydrogens is 546 g/mol. The molecule has 5 aromatic rings. The number of fused-ring (bicyclic) bond motifs is 2. The zero-order valence-electron chi connectivity index (χ0n) is 24.1. The second-order valence-electron chi connectivity index (χ2n) is 10.8. The molecule has 0 bridgehead atoms. The highest BCUT2D eigenvalue weighted by molar-refractivity contribution is 7.92. The first kappa shape index (κ1) is 27.5. The fourth-order valence-corrected chi connectivity index (χ4v) is 5.93. The van der Waals surface area contributed by atoms with Crippen LogP contribution in [0.4, 0.5) is 11.4 Å². The van der Waals surface area contributed by atoms with Crippen LogP contribution in [0.3, 0.4) is 0 Å². The lowest BCUT2D eigenvalue weighted by molar-refractivity contribution is 0.0964. The molecule has 0 fully saturated rings. The van der Waals surface area contributed by atoms with E-state index in [0.717, 1.165) is 40.1 Å². The molecule has 1 N–H and O–H groups in total. The predicted molar refractivity (Wildman–Crippen MR) is 170 cm³/mol. The SMILES string of the molecule is CNC(=O)c1c(-c2ccc(C)cc2)oc2cc(N(C)S(C)(=O)=O)c(-c3cccc(C4=Nc5ccc(C)cc5C4)c3)cc12. The molecule has 7 nitrogen and oxygen atoms in total. The van der Waals surface area contributed by atoms with Gasteiger partial charge in [0.1, 0.15) is 11.3 Å². The molecule has 0 saturated carbocycles. The number of carbonyl (C=O) groups is 1. The van der Waals surface area contributed by atoms with Crippen LogP contribution in [0.15, 0.2) is 88.3 Å². The van der Waals surface area contributed by atoms with Gasteiger partial charge in [0.05, 0.1) is 28.9 Å². The quantitative estimate of drug-likeness (QED) is 0.240. The highest BCUT2D eigenvalue weighted by atomic mass is 32.2. The fourth-order valence-electron chi connectivity index (χ4n) is 5.42. The highest BCUT2D eigenvalue weighted by Crippen LogP contribution is 2.42. The van der Waals surface area contributed by atoms with Gasteiger partial charge < -0.3 is 9.73 Å². The van der Waals surface area contributed by atoms with Gasteiger partial charge >= 0.3 is 0 Å². The van der Waals surface area contributed by atoms with Crippen LogP contribution in [-0.2, 0) is 16.4 Å². The van der Waals surface area contributed by atoms with Crippen molar-refractivity contribution in [3.63, 3.8) is 0 Å². The molecule has 1 aliphatic heterocycles. The number of hydrogen-bond acceptors (Lipinski definition) is 5. The van der Waals surface area contributed by atoms with E-state index in [9.17, 15) is 13.2 Å². The predicted octanol–water partition coefficient (Wildman–Crippen LogP) is 6.82. The largest absolute Gasteiger partial charge is 0.455 e. The number of aryl methyl sites for hydroxylation is 2. The van der Waals surface area contributed by atoms with E-state index in [1.54, 1.807) is 13.1 Å². The molecule has 0 radical (unpaired) electrons. The van der Waals surface area contributed by atoms with Gasteiger partial charge in [-0.05, 0) is 48.7 Å². The number of amides is 1. The zero-order chi connectivity index (χ0) is 29.8. The molecule has 0 unspecified atom stereocenters. The molecule has 1 aromatic heterocycles. The first-order chi connectivity index (χ1) is 20.0. The minimum absolute atomic E-state index is 0.290. The molecule has 0 aliphatic carbocycles. The van der Waals surface area contributed by atoms with Crippen molar-refractivity contribution in [3.05, 3.63) is 107 Å². The Balaban J connectivity index is 1.56. The molecule has 4 aromatic carbocycles. The third-order valence-electron chi connectivity index (χ3n) is 7.77. The Kier molecular flexibility index (Phi) is 6.74. The van der Waals surface area contributed by atoms with Crippen LogP contribution in [0, 0.1) is 13.8 Å². The number of aliphatic imine (C=N–C) groups is 1. The molecule has 2 heterocycles. The maximum absolute atomic E-state index is 13.2. The average Bonchev–Trinajstić information content (AvgIpc) is 3.56. The molecule has 42 heavy (non-hydrogen) atoms. The first-order valence-electron chi connectivity index (χ1n) is 13.6. The number of sulfonamides is 1. The van der Waals surface area contributed by atoms with Gasteiger partial charge in [-0.2, -0.15) is 0 Å². The minimum Gasteiger partial charge on any atom is -0.455 e. The van der Waals surface area contributed by atoms with Gasteiger partial charge in [0, 0.05) is 43.1 Å². The normalized spacial score (nSPS) is 12.7. The lowest BCUT2D eigenvalue weighted by Gasteiger charge is -2.21. The Morgan fingerprint density at radius 1 is 0.905 bits per heavy atom. The van der Waals surface area contributed by atoms with Crippen LogP contribution >= 0.6 is 0 Å². The summed E-state index contributed by atoms with van der Waals surface area (Å²) in [6, 6.07) is 25.5. The van der Waals surface area contributed by atoms with E-state index in [2.05, 4.69) is 24.4 Å². The number of carbonyl (C=O) groups excluding carboxylic acids is 1. The molecule has 1 aliphatic rings. The Labute approximate surface area is 245 Å². The van der Waals surface area contributed by atoms with Crippen LogP contribution < -0.4 is 9.62 Å². The number of nitrogens with one attached hydrogen (secondary N) is 1. The number of furan rings is 1. The van der Waals surface area contributed by atoms with E-state index in [0.29, 0.717) is 33.5 Å². The summed E-state index contributed by atoms with van der Waals surface area (Å²) in [5.74, 6) is 0.137. The molecular formula is C34H31N3O4S. The van der Waals surface area contributed by atoms with Gasteiger partial charge in [0.2, 0.25) is 10.0 Å². The minimum atomic E-state index is -3.61. The number of rotatable bonds is 6. The van der Waals surface area contributed by atoms with E-state index >= 15 is 0 Å². The van der Waals surface area contributed by atoms with Crippen molar-refractivity contribution < 1.29 is 17.6 Å². The van der Waals surface area contributed by atoms with Crippen molar-refractivity contribution in [1.29, 1.82) is 0 Å². The van der Waals surface area contributed by atoms with Crippen LogP contribution in [0.5, 0.6) is 0 Å². The molecule has 1 amide bonds. The van der Waals surface area contributed by atoms with Crippen molar-refractivity contribution in [2.75, 3.05) is 24.7 Å². The summed E-state index contributed by atoms with van der Waals surface area (Å²) in [7, 11) is -0.511. The Morgan fingerprint density at radius 3 is 2.33 bits per heavy atom. The van der Waals surface area contributed by atoms with Crippen molar-refractivity contribution >= 4 is 44.0 Å². The van der Waals surface area contributed by atoms with Crippen molar-refractivity contribution in [2.24, 2.45) is 4.99 Å². The summed E-state index contributed by atoms with van der Waals surface area (Å²) in [5.41, 5.74) is 9.81. The molecule has 6 rings (SSSR count). The molecule has 212 valence electrons. The number of benzene rings is 4. The molecule has 0 saturated heterocycles.